The predicted molar refractivity (Wildman–Crippen MR) is 76.6 cm³/mol. The molecule has 1 aromatic carbocycles. The van der Waals surface area contributed by atoms with Crippen LogP contribution in [0.1, 0.15) is 27.3 Å². The van der Waals surface area contributed by atoms with Gasteiger partial charge in [0.05, 0.1) is 22.4 Å². The molecule has 6 heteroatoms. The number of hydrogen-bond acceptors (Lipinski definition) is 3. The first-order valence-electron chi connectivity index (χ1n) is 5.82. The Morgan fingerprint density at radius 3 is 2.79 bits per heavy atom. The van der Waals surface area contributed by atoms with Crippen LogP contribution in [-0.4, -0.2) is 15.7 Å². The zero-order valence-corrected chi connectivity index (χ0v) is 12.4. The first-order valence-corrected chi connectivity index (χ1v) is 6.61. The van der Waals surface area contributed by atoms with Crippen LogP contribution in [0.2, 0.25) is 0 Å². The summed E-state index contributed by atoms with van der Waals surface area (Å²) in [5.41, 5.74) is 5.68. The lowest BCUT2D eigenvalue weighted by atomic mass is 10.1. The molecule has 5 nitrogen and oxygen atoms in total. The molecule has 0 aliphatic heterocycles. The third-order valence-electron chi connectivity index (χ3n) is 2.95. The Morgan fingerprint density at radius 2 is 2.21 bits per heavy atom. The average Bonchev–Trinajstić information content (AvgIpc) is 2.66. The fraction of sp³-hybridized carbons (Fsp3) is 0.231. The molecule has 0 unspecified atom stereocenters. The molecule has 0 aliphatic rings. The molecule has 2 rings (SSSR count). The van der Waals surface area contributed by atoms with Gasteiger partial charge in [-0.1, -0.05) is 12.1 Å². The number of aromatic nitrogens is 2. The van der Waals surface area contributed by atoms with E-state index >= 15 is 0 Å². The molecule has 0 fully saturated rings. The molecule has 0 saturated carbocycles. The monoisotopic (exact) mass is 322 g/mol. The smallest absolute Gasteiger partial charge is 0.265 e. The van der Waals surface area contributed by atoms with Gasteiger partial charge in [0.25, 0.3) is 5.91 Å². The van der Waals surface area contributed by atoms with Crippen molar-refractivity contribution < 1.29 is 4.79 Å². The van der Waals surface area contributed by atoms with Gasteiger partial charge in [-0.05, 0) is 47.5 Å². The minimum Gasteiger partial charge on any atom is -0.290 e. The fourth-order valence-corrected chi connectivity index (χ4v) is 2.18. The van der Waals surface area contributed by atoms with E-state index in [0.717, 1.165) is 21.4 Å². The summed E-state index contributed by atoms with van der Waals surface area (Å²) >= 11 is 3.50. The second-order valence-corrected chi connectivity index (χ2v) is 5.11. The van der Waals surface area contributed by atoms with Crippen molar-refractivity contribution in [2.45, 2.75) is 20.4 Å². The molecular formula is C13H15BrN4O. The number of hydrogen-bond donors (Lipinski definition) is 2. The van der Waals surface area contributed by atoms with E-state index in [2.05, 4.69) is 26.5 Å². The first kappa shape index (κ1) is 13.8. The third-order valence-corrected chi connectivity index (χ3v) is 4.09. The molecule has 0 aliphatic carbocycles. The summed E-state index contributed by atoms with van der Waals surface area (Å²) in [6, 6.07) is 7.33. The van der Waals surface area contributed by atoms with E-state index in [9.17, 15) is 4.79 Å². The quantitative estimate of drug-likeness (QED) is 0.515. The van der Waals surface area contributed by atoms with Crippen molar-refractivity contribution in [3.8, 4) is 0 Å². The van der Waals surface area contributed by atoms with Crippen LogP contribution in [0, 0.1) is 13.8 Å². The molecule has 2 aromatic rings. The average molecular weight is 323 g/mol. The van der Waals surface area contributed by atoms with Gasteiger partial charge >= 0.3 is 0 Å². The summed E-state index contributed by atoms with van der Waals surface area (Å²) < 4.78 is 2.92. The zero-order chi connectivity index (χ0) is 14.0. The van der Waals surface area contributed by atoms with Crippen LogP contribution in [0.5, 0.6) is 0 Å². The van der Waals surface area contributed by atoms with E-state index in [1.54, 1.807) is 6.07 Å². The van der Waals surface area contributed by atoms with Crippen molar-refractivity contribution in [2.75, 3.05) is 0 Å². The number of hydrazine groups is 1. The van der Waals surface area contributed by atoms with Gasteiger partial charge in [0.1, 0.15) is 0 Å². The maximum atomic E-state index is 11.5. The fourth-order valence-electron chi connectivity index (χ4n) is 1.90. The Labute approximate surface area is 119 Å². The van der Waals surface area contributed by atoms with E-state index in [1.165, 1.54) is 0 Å². The van der Waals surface area contributed by atoms with E-state index in [-0.39, 0.29) is 5.91 Å². The number of nitrogens with zero attached hydrogens (tertiary/aromatic N) is 2. The Balaban J connectivity index is 2.28. The van der Waals surface area contributed by atoms with Crippen LogP contribution < -0.4 is 11.3 Å². The van der Waals surface area contributed by atoms with Crippen LogP contribution >= 0.6 is 15.9 Å². The van der Waals surface area contributed by atoms with Gasteiger partial charge in [0.2, 0.25) is 0 Å². The summed E-state index contributed by atoms with van der Waals surface area (Å²) in [4.78, 5) is 11.5. The first-order chi connectivity index (χ1) is 9.02. The Hall–Kier alpha value is -1.66. The maximum Gasteiger partial charge on any atom is 0.265 e. The van der Waals surface area contributed by atoms with Crippen molar-refractivity contribution in [1.82, 2.24) is 15.2 Å². The number of carbonyl (C=O) groups excluding carboxylic acids is 1. The molecule has 100 valence electrons. The highest BCUT2D eigenvalue weighted by atomic mass is 79.9. The number of nitrogen functional groups attached to an aromatic ring is 1. The van der Waals surface area contributed by atoms with Crippen molar-refractivity contribution >= 4 is 21.8 Å². The van der Waals surface area contributed by atoms with Crippen LogP contribution in [0.3, 0.4) is 0 Å². The predicted octanol–water partition coefficient (Wildman–Crippen LogP) is 1.91. The van der Waals surface area contributed by atoms with Crippen LogP contribution in [-0.2, 0) is 6.54 Å². The number of aryl methyl sites for hydroxylation is 1. The summed E-state index contributed by atoms with van der Waals surface area (Å²) in [6.07, 6.45) is 0. The molecule has 1 amide bonds. The number of nitrogens with two attached hydrogens (primary N) is 1. The third kappa shape index (κ3) is 2.85. The largest absolute Gasteiger partial charge is 0.290 e. The van der Waals surface area contributed by atoms with E-state index in [1.807, 2.05) is 36.7 Å². The van der Waals surface area contributed by atoms with Crippen molar-refractivity contribution in [3.63, 3.8) is 0 Å². The van der Waals surface area contributed by atoms with E-state index in [4.69, 9.17) is 5.84 Å². The molecule has 0 atom stereocenters. The van der Waals surface area contributed by atoms with E-state index < -0.39 is 0 Å². The number of nitrogens with one attached hydrogen (secondary N) is 1. The zero-order valence-electron chi connectivity index (χ0n) is 10.8. The molecule has 0 radical (unpaired) electrons. The Kier molecular flexibility index (Phi) is 4.01. The van der Waals surface area contributed by atoms with Crippen molar-refractivity contribution in [1.29, 1.82) is 0 Å². The maximum absolute atomic E-state index is 11.5. The molecule has 1 heterocycles. The van der Waals surface area contributed by atoms with Crippen molar-refractivity contribution in [3.05, 3.63) is 51.3 Å². The summed E-state index contributed by atoms with van der Waals surface area (Å²) in [5.74, 6) is 4.84. The lowest BCUT2D eigenvalue weighted by molar-refractivity contribution is 0.0953. The highest BCUT2D eigenvalue weighted by molar-refractivity contribution is 9.10. The molecule has 1 aromatic heterocycles. The lowest BCUT2D eigenvalue weighted by Gasteiger charge is -2.06. The minimum absolute atomic E-state index is 0.295. The van der Waals surface area contributed by atoms with Crippen LogP contribution in [0.15, 0.2) is 28.7 Å². The molecular weight excluding hydrogens is 308 g/mol. The van der Waals surface area contributed by atoms with Gasteiger partial charge in [0.15, 0.2) is 0 Å². The minimum atomic E-state index is -0.295. The summed E-state index contributed by atoms with van der Waals surface area (Å²) in [7, 11) is 0. The van der Waals surface area contributed by atoms with Gasteiger partial charge < -0.3 is 0 Å². The van der Waals surface area contributed by atoms with E-state index in [0.29, 0.717) is 12.1 Å². The second-order valence-electron chi connectivity index (χ2n) is 4.32. The highest BCUT2D eigenvalue weighted by Crippen LogP contribution is 2.20. The van der Waals surface area contributed by atoms with Gasteiger partial charge in [0, 0.05) is 5.56 Å². The van der Waals surface area contributed by atoms with Gasteiger partial charge in [-0.25, -0.2) is 5.84 Å². The van der Waals surface area contributed by atoms with Crippen LogP contribution in [0.25, 0.3) is 0 Å². The molecule has 0 spiro atoms. The number of rotatable bonds is 3. The number of amides is 1. The van der Waals surface area contributed by atoms with Crippen molar-refractivity contribution in [2.24, 2.45) is 5.84 Å². The highest BCUT2D eigenvalue weighted by Gasteiger charge is 2.10. The van der Waals surface area contributed by atoms with Crippen LogP contribution in [0.4, 0.5) is 0 Å². The SMILES string of the molecule is Cc1nn(Cc2cccc(C(=O)NN)c2)c(C)c1Br. The molecule has 19 heavy (non-hydrogen) atoms. The summed E-state index contributed by atoms with van der Waals surface area (Å²) in [5, 5.41) is 4.44. The topological polar surface area (TPSA) is 72.9 Å². The Morgan fingerprint density at radius 1 is 1.47 bits per heavy atom. The number of benzene rings is 1. The molecule has 0 bridgehead atoms. The number of carbonyl (C=O) groups is 1. The summed E-state index contributed by atoms with van der Waals surface area (Å²) in [6.45, 7) is 4.57. The number of halogens is 1. The standard InChI is InChI=1S/C13H15BrN4O/c1-8-12(14)9(2)18(17-8)7-10-4-3-5-11(6-10)13(19)16-15/h3-6H,7,15H2,1-2H3,(H,16,19). The second kappa shape index (κ2) is 5.54. The van der Waals surface area contributed by atoms with Gasteiger partial charge in [-0.2, -0.15) is 5.10 Å². The Bertz CT molecular complexity index is 621. The molecule has 0 saturated heterocycles. The lowest BCUT2D eigenvalue weighted by Crippen LogP contribution is -2.30. The van der Waals surface area contributed by atoms with Gasteiger partial charge in [-0.15, -0.1) is 0 Å². The van der Waals surface area contributed by atoms with Gasteiger partial charge in [-0.3, -0.25) is 14.9 Å². The molecule has 3 N–H and O–H groups in total. The normalized spacial score (nSPS) is 10.5.